The van der Waals surface area contributed by atoms with Gasteiger partial charge in [-0.1, -0.05) is 47.1 Å². The number of carbonyl (C=O) groups is 2. The highest BCUT2D eigenvalue weighted by Gasteiger charge is 2.70. The van der Waals surface area contributed by atoms with Gasteiger partial charge in [0.1, 0.15) is 0 Å². The van der Waals surface area contributed by atoms with Crippen molar-refractivity contribution in [2.45, 2.75) is 112 Å². The molecule has 190 valence electrons. The fourth-order valence-electron chi connectivity index (χ4n) is 10.4. The van der Waals surface area contributed by atoms with E-state index in [4.69, 9.17) is 0 Å². The summed E-state index contributed by atoms with van der Waals surface area (Å²) in [4.78, 5) is 26.4. The van der Waals surface area contributed by atoms with Crippen LogP contribution in [0.5, 0.6) is 0 Å². The number of carbonyl (C=O) groups excluding carboxylic acids is 1. The van der Waals surface area contributed by atoms with Crippen molar-refractivity contribution in [1.29, 1.82) is 0 Å². The minimum absolute atomic E-state index is 0.0296. The van der Waals surface area contributed by atoms with Crippen molar-refractivity contribution in [3.8, 4) is 0 Å². The summed E-state index contributed by atoms with van der Waals surface area (Å²) in [5, 5.41) is 20.9. The fraction of sp³-hybridized carbons (Fsp3) is 0.867. The van der Waals surface area contributed by atoms with Gasteiger partial charge in [0.15, 0.2) is 5.78 Å². The Morgan fingerprint density at radius 2 is 1.56 bits per heavy atom. The summed E-state index contributed by atoms with van der Waals surface area (Å²) in [6.07, 6.45) is 9.95. The zero-order chi connectivity index (χ0) is 25.1. The standard InChI is InChI=1S/C30H46O4/c1-25(2)21-8-11-30(7)23(28(21,5)10-9-22(25)32)20(31)16-18-19-17-27(4,24(33)34)13-12-26(19,3)14-15-29(18,30)6/h16,19,21-23,32H,8-15,17H2,1-7H3,(H,33,34)/t19-,21-,22-,23+,26?,27?,28-,29?,30+/m0/s1. The lowest BCUT2D eigenvalue weighted by molar-refractivity contribution is -0.202. The van der Waals surface area contributed by atoms with Gasteiger partial charge in [0, 0.05) is 5.92 Å². The van der Waals surface area contributed by atoms with Crippen LogP contribution in [0.15, 0.2) is 11.6 Å². The van der Waals surface area contributed by atoms with Gasteiger partial charge in [0.2, 0.25) is 0 Å². The highest BCUT2D eigenvalue weighted by atomic mass is 16.4. The first-order valence-electron chi connectivity index (χ1n) is 13.7. The van der Waals surface area contributed by atoms with Crippen molar-refractivity contribution in [2.24, 2.45) is 50.2 Å². The summed E-state index contributed by atoms with van der Waals surface area (Å²) >= 11 is 0. The first-order chi connectivity index (χ1) is 15.6. The van der Waals surface area contributed by atoms with E-state index in [-0.39, 0.29) is 50.8 Å². The molecule has 9 atom stereocenters. The number of rotatable bonds is 1. The molecule has 0 radical (unpaired) electrons. The van der Waals surface area contributed by atoms with Crippen LogP contribution in [0.2, 0.25) is 0 Å². The van der Waals surface area contributed by atoms with E-state index in [9.17, 15) is 19.8 Å². The Balaban J connectivity index is 1.62. The maximum Gasteiger partial charge on any atom is 0.309 e. The average Bonchev–Trinajstić information content (AvgIpc) is 2.73. The predicted octanol–water partition coefficient (Wildman–Crippen LogP) is 6.41. The third-order valence-electron chi connectivity index (χ3n) is 13.1. The van der Waals surface area contributed by atoms with Gasteiger partial charge in [-0.3, -0.25) is 9.59 Å². The van der Waals surface area contributed by atoms with Crippen LogP contribution in [0.4, 0.5) is 0 Å². The molecule has 0 aromatic carbocycles. The van der Waals surface area contributed by atoms with Gasteiger partial charge in [0.25, 0.3) is 0 Å². The number of carboxylic acid groups (broad SMARTS) is 1. The van der Waals surface area contributed by atoms with Crippen LogP contribution < -0.4 is 0 Å². The number of carboxylic acids is 1. The first-order valence-corrected chi connectivity index (χ1v) is 13.7. The molecule has 0 amide bonds. The predicted molar refractivity (Wildman–Crippen MR) is 133 cm³/mol. The number of fused-ring (bicyclic) bond motifs is 7. The van der Waals surface area contributed by atoms with E-state index in [1.54, 1.807) is 0 Å². The van der Waals surface area contributed by atoms with Crippen molar-refractivity contribution in [2.75, 3.05) is 0 Å². The molecule has 4 nitrogen and oxygen atoms in total. The number of aliphatic hydroxyl groups excluding tert-OH is 1. The number of hydrogen-bond donors (Lipinski definition) is 2. The second-order valence-electron chi connectivity index (χ2n) is 14.9. The van der Waals surface area contributed by atoms with E-state index in [0.717, 1.165) is 51.4 Å². The van der Waals surface area contributed by atoms with Gasteiger partial charge >= 0.3 is 5.97 Å². The highest BCUT2D eigenvalue weighted by molar-refractivity contribution is 5.95. The maximum absolute atomic E-state index is 14.2. The molecule has 3 unspecified atom stereocenters. The summed E-state index contributed by atoms with van der Waals surface area (Å²) < 4.78 is 0. The molecule has 0 heterocycles. The summed E-state index contributed by atoms with van der Waals surface area (Å²) in [6, 6.07) is 0. The summed E-state index contributed by atoms with van der Waals surface area (Å²) in [7, 11) is 0. The molecule has 0 aromatic heterocycles. The molecule has 4 heteroatoms. The minimum Gasteiger partial charge on any atom is -0.481 e. The quantitative estimate of drug-likeness (QED) is 0.464. The van der Waals surface area contributed by atoms with Gasteiger partial charge in [-0.25, -0.2) is 0 Å². The second-order valence-corrected chi connectivity index (χ2v) is 14.9. The minimum atomic E-state index is -0.711. The highest BCUT2D eigenvalue weighted by Crippen LogP contribution is 2.75. The number of ketones is 1. The molecule has 0 spiro atoms. The molecule has 5 aliphatic carbocycles. The van der Waals surface area contributed by atoms with Gasteiger partial charge in [-0.05, 0) is 110 Å². The van der Waals surface area contributed by atoms with Gasteiger partial charge in [0.05, 0.1) is 11.5 Å². The van der Waals surface area contributed by atoms with Crippen molar-refractivity contribution >= 4 is 11.8 Å². The third-order valence-corrected chi connectivity index (χ3v) is 13.1. The molecule has 5 aliphatic rings. The van der Waals surface area contributed by atoms with Crippen LogP contribution >= 0.6 is 0 Å². The van der Waals surface area contributed by atoms with E-state index >= 15 is 0 Å². The molecule has 5 rings (SSSR count). The number of hydrogen-bond acceptors (Lipinski definition) is 3. The Hall–Kier alpha value is -1.16. The zero-order valence-corrected chi connectivity index (χ0v) is 22.5. The Morgan fingerprint density at radius 1 is 0.912 bits per heavy atom. The molecular formula is C30H46O4. The molecule has 0 saturated heterocycles. The average molecular weight is 471 g/mol. The molecular weight excluding hydrogens is 424 g/mol. The maximum atomic E-state index is 14.2. The summed E-state index contributed by atoms with van der Waals surface area (Å²) in [5.74, 6) is 0.0603. The van der Waals surface area contributed by atoms with E-state index in [2.05, 4.69) is 41.5 Å². The summed E-state index contributed by atoms with van der Waals surface area (Å²) in [5.41, 5.74) is 0.142. The van der Waals surface area contributed by atoms with E-state index in [1.807, 2.05) is 13.0 Å². The van der Waals surface area contributed by atoms with Crippen LogP contribution in [0.3, 0.4) is 0 Å². The lowest BCUT2D eigenvalue weighted by atomic mass is 9.33. The van der Waals surface area contributed by atoms with Gasteiger partial charge in [-0.15, -0.1) is 0 Å². The van der Waals surface area contributed by atoms with Gasteiger partial charge < -0.3 is 10.2 Å². The van der Waals surface area contributed by atoms with Gasteiger partial charge in [-0.2, -0.15) is 0 Å². The molecule has 4 saturated carbocycles. The van der Waals surface area contributed by atoms with Crippen molar-refractivity contribution in [3.05, 3.63) is 11.6 Å². The lowest BCUT2D eigenvalue weighted by Crippen LogP contribution is -2.66. The molecule has 0 aromatic rings. The number of aliphatic hydroxyl groups is 1. The van der Waals surface area contributed by atoms with Crippen LogP contribution in [0.25, 0.3) is 0 Å². The van der Waals surface area contributed by atoms with Crippen molar-refractivity contribution in [1.82, 2.24) is 0 Å². The summed E-state index contributed by atoms with van der Waals surface area (Å²) in [6.45, 7) is 15.8. The van der Waals surface area contributed by atoms with E-state index in [0.29, 0.717) is 12.3 Å². The third kappa shape index (κ3) is 2.81. The fourth-order valence-corrected chi connectivity index (χ4v) is 10.4. The van der Waals surface area contributed by atoms with Crippen molar-refractivity contribution < 1.29 is 19.8 Å². The number of allylic oxidation sites excluding steroid dienone is 2. The number of aliphatic carboxylic acids is 1. The van der Waals surface area contributed by atoms with Crippen LogP contribution in [0.1, 0.15) is 106 Å². The van der Waals surface area contributed by atoms with Crippen LogP contribution in [-0.2, 0) is 9.59 Å². The largest absolute Gasteiger partial charge is 0.481 e. The second kappa shape index (κ2) is 6.99. The SMILES string of the molecule is CC1(C(=O)O)CCC2(C)CCC3(C)C(=CC(=O)[C@@H]4[C@@]5(C)CC[C@H](O)C(C)(C)[C@@H]5CC[C@]43C)[C@@H]2C1. The van der Waals surface area contributed by atoms with Crippen LogP contribution in [0, 0.1) is 50.2 Å². The lowest BCUT2D eigenvalue weighted by Gasteiger charge is -2.70. The van der Waals surface area contributed by atoms with Crippen molar-refractivity contribution in [3.63, 3.8) is 0 Å². The van der Waals surface area contributed by atoms with E-state index < -0.39 is 11.4 Å². The Labute approximate surface area is 206 Å². The molecule has 0 bridgehead atoms. The normalized spacial score (nSPS) is 54.1. The first kappa shape index (κ1) is 24.5. The zero-order valence-electron chi connectivity index (χ0n) is 22.5. The molecule has 2 N–H and O–H groups in total. The molecule has 4 fully saturated rings. The van der Waals surface area contributed by atoms with E-state index in [1.165, 1.54) is 5.57 Å². The van der Waals surface area contributed by atoms with Crippen LogP contribution in [-0.4, -0.2) is 28.1 Å². The topological polar surface area (TPSA) is 74.6 Å². The monoisotopic (exact) mass is 470 g/mol. The Kier molecular flexibility index (Phi) is 5.04. The Bertz CT molecular complexity index is 965. The smallest absolute Gasteiger partial charge is 0.309 e. The molecule has 0 aliphatic heterocycles. The molecule has 34 heavy (non-hydrogen) atoms. The Morgan fingerprint density at radius 3 is 2.21 bits per heavy atom.